The Kier molecular flexibility index (Phi) is 5.72. The highest BCUT2D eigenvalue weighted by Crippen LogP contribution is 2.43. The number of carbonyl (C=O) groups excluding carboxylic acids is 2. The molecule has 0 bridgehead atoms. The van der Waals surface area contributed by atoms with Crippen molar-refractivity contribution in [2.75, 3.05) is 17.7 Å². The van der Waals surface area contributed by atoms with Crippen LogP contribution in [0.3, 0.4) is 0 Å². The van der Waals surface area contributed by atoms with E-state index in [-0.39, 0.29) is 17.8 Å². The van der Waals surface area contributed by atoms with Crippen LogP contribution in [0, 0.1) is 11.8 Å². The fourth-order valence-electron chi connectivity index (χ4n) is 4.39. The van der Waals surface area contributed by atoms with Crippen molar-refractivity contribution in [1.29, 1.82) is 0 Å². The second-order valence-corrected chi connectivity index (χ2v) is 8.42. The summed E-state index contributed by atoms with van der Waals surface area (Å²) in [5, 5.41) is 6.98. The lowest BCUT2D eigenvalue weighted by Crippen LogP contribution is -2.39. The maximum atomic E-state index is 13.6. The molecule has 1 aliphatic carbocycles. The van der Waals surface area contributed by atoms with E-state index in [1.54, 1.807) is 0 Å². The lowest BCUT2D eigenvalue weighted by Gasteiger charge is -2.32. The van der Waals surface area contributed by atoms with Crippen molar-refractivity contribution in [1.82, 2.24) is 0 Å². The number of carbonyl (C=O) groups is 2. The van der Waals surface area contributed by atoms with Crippen LogP contribution in [0.5, 0.6) is 5.75 Å². The monoisotopic (exact) mass is 420 g/mol. The van der Waals surface area contributed by atoms with Crippen LogP contribution in [0.4, 0.5) is 11.4 Å². The standard InChI is InChI=1S/C25H28N2O4/c1-14(2)31-17-11-9-16(10-12-17)23-22-20(26-18-7-5-6-8-19(18)27-23)13-15(3)21(24(22)28)25(29)30-4/h5-12,14-15,21,23,26-27H,13H2,1-4H3/t15-,21-,23+/m1/s1. The molecule has 3 atom stereocenters. The van der Waals surface area contributed by atoms with Crippen LogP contribution in [-0.4, -0.2) is 25.0 Å². The average Bonchev–Trinajstić information content (AvgIpc) is 2.90. The number of fused-ring (bicyclic) bond motifs is 1. The Bertz CT molecular complexity index is 1030. The quantitative estimate of drug-likeness (QED) is 0.551. The first-order valence-electron chi connectivity index (χ1n) is 10.6. The van der Waals surface area contributed by atoms with Crippen LogP contribution >= 0.6 is 0 Å². The number of nitrogens with one attached hydrogen (secondary N) is 2. The molecule has 6 nitrogen and oxygen atoms in total. The topological polar surface area (TPSA) is 76.7 Å². The smallest absolute Gasteiger partial charge is 0.316 e. The van der Waals surface area contributed by atoms with Gasteiger partial charge in [0.1, 0.15) is 11.7 Å². The number of benzene rings is 2. The zero-order chi connectivity index (χ0) is 22.1. The molecule has 162 valence electrons. The number of methoxy groups -OCH3 is 1. The van der Waals surface area contributed by atoms with Gasteiger partial charge in [0.25, 0.3) is 0 Å². The van der Waals surface area contributed by atoms with E-state index in [1.807, 2.05) is 69.3 Å². The molecular weight excluding hydrogens is 392 g/mol. The van der Waals surface area contributed by atoms with Gasteiger partial charge < -0.3 is 20.1 Å². The van der Waals surface area contributed by atoms with Crippen LogP contribution in [0.15, 0.2) is 59.8 Å². The summed E-state index contributed by atoms with van der Waals surface area (Å²) < 4.78 is 10.7. The molecule has 2 aromatic carbocycles. The minimum Gasteiger partial charge on any atom is -0.491 e. The van der Waals surface area contributed by atoms with Crippen LogP contribution < -0.4 is 15.4 Å². The number of ketones is 1. The number of hydrogen-bond acceptors (Lipinski definition) is 6. The fourth-order valence-corrected chi connectivity index (χ4v) is 4.39. The molecule has 0 fully saturated rings. The number of ether oxygens (including phenoxy) is 2. The van der Waals surface area contributed by atoms with Crippen molar-refractivity contribution in [2.45, 2.75) is 39.3 Å². The highest BCUT2D eigenvalue weighted by Gasteiger charge is 2.44. The Morgan fingerprint density at radius 3 is 2.39 bits per heavy atom. The molecule has 0 radical (unpaired) electrons. The summed E-state index contributed by atoms with van der Waals surface area (Å²) >= 11 is 0. The van der Waals surface area contributed by atoms with E-state index in [2.05, 4.69) is 10.6 Å². The van der Waals surface area contributed by atoms with Crippen LogP contribution in [0.2, 0.25) is 0 Å². The van der Waals surface area contributed by atoms with Crippen LogP contribution in [0.1, 0.15) is 38.8 Å². The molecule has 6 heteroatoms. The number of anilines is 2. The number of Topliss-reactive ketones (excluding diaryl/α,β-unsaturated/α-hetero) is 1. The molecule has 4 rings (SSSR count). The van der Waals surface area contributed by atoms with Gasteiger partial charge in [-0.15, -0.1) is 0 Å². The highest BCUT2D eigenvalue weighted by molar-refractivity contribution is 6.11. The predicted octanol–water partition coefficient (Wildman–Crippen LogP) is 4.70. The molecule has 2 N–H and O–H groups in total. The summed E-state index contributed by atoms with van der Waals surface area (Å²) in [6, 6.07) is 15.2. The molecule has 0 spiro atoms. The minimum absolute atomic E-state index is 0.0782. The number of para-hydroxylation sites is 2. The van der Waals surface area contributed by atoms with Crippen LogP contribution in [0.25, 0.3) is 0 Å². The Labute approximate surface area is 182 Å². The first-order valence-corrected chi connectivity index (χ1v) is 10.6. The molecule has 0 unspecified atom stereocenters. The number of allylic oxidation sites excluding steroid dienone is 1. The zero-order valence-electron chi connectivity index (χ0n) is 18.3. The Balaban J connectivity index is 1.80. The van der Waals surface area contributed by atoms with Crippen molar-refractivity contribution in [2.24, 2.45) is 11.8 Å². The Morgan fingerprint density at radius 1 is 1.06 bits per heavy atom. The van der Waals surface area contributed by atoms with Crippen molar-refractivity contribution < 1.29 is 19.1 Å². The van der Waals surface area contributed by atoms with Gasteiger partial charge in [0, 0.05) is 11.3 Å². The zero-order valence-corrected chi connectivity index (χ0v) is 18.3. The molecule has 0 amide bonds. The van der Waals surface area contributed by atoms with E-state index >= 15 is 0 Å². The summed E-state index contributed by atoms with van der Waals surface area (Å²) in [4.78, 5) is 26.0. The second-order valence-electron chi connectivity index (χ2n) is 8.42. The van der Waals surface area contributed by atoms with E-state index in [9.17, 15) is 9.59 Å². The van der Waals surface area contributed by atoms with Gasteiger partial charge in [0.05, 0.1) is 30.6 Å². The molecule has 0 aromatic heterocycles. The van der Waals surface area contributed by atoms with Gasteiger partial charge in [0.2, 0.25) is 0 Å². The number of esters is 1. The SMILES string of the molecule is COC(=O)[C@H]1C(=O)C2=C(C[C@H]1C)Nc1ccccc1N[C@H]2c1ccc(OC(C)C)cc1. The summed E-state index contributed by atoms with van der Waals surface area (Å²) in [5.74, 6) is -0.860. The van der Waals surface area contributed by atoms with E-state index in [4.69, 9.17) is 9.47 Å². The maximum Gasteiger partial charge on any atom is 0.316 e. The summed E-state index contributed by atoms with van der Waals surface area (Å²) in [6.45, 7) is 5.88. The molecule has 2 aliphatic rings. The summed E-state index contributed by atoms with van der Waals surface area (Å²) in [6.07, 6.45) is 0.663. The molecule has 1 heterocycles. The van der Waals surface area contributed by atoms with Crippen LogP contribution in [-0.2, 0) is 14.3 Å². The van der Waals surface area contributed by atoms with Gasteiger partial charge in [-0.2, -0.15) is 0 Å². The van der Waals surface area contributed by atoms with Gasteiger partial charge >= 0.3 is 5.97 Å². The molecule has 31 heavy (non-hydrogen) atoms. The molecular formula is C25H28N2O4. The molecule has 2 aromatic rings. The van der Waals surface area contributed by atoms with Crippen molar-refractivity contribution >= 4 is 23.1 Å². The lowest BCUT2D eigenvalue weighted by molar-refractivity contribution is -0.151. The molecule has 0 saturated heterocycles. The highest BCUT2D eigenvalue weighted by atomic mass is 16.5. The minimum atomic E-state index is -0.806. The molecule has 1 aliphatic heterocycles. The van der Waals surface area contributed by atoms with E-state index in [1.165, 1.54) is 7.11 Å². The third-order valence-corrected chi connectivity index (χ3v) is 5.81. The van der Waals surface area contributed by atoms with Gasteiger partial charge in [0.15, 0.2) is 5.78 Å². The summed E-state index contributed by atoms with van der Waals surface area (Å²) in [7, 11) is 1.33. The summed E-state index contributed by atoms with van der Waals surface area (Å²) in [5.41, 5.74) is 4.17. The Morgan fingerprint density at radius 2 is 1.74 bits per heavy atom. The predicted molar refractivity (Wildman–Crippen MR) is 120 cm³/mol. The first-order chi connectivity index (χ1) is 14.9. The lowest BCUT2D eigenvalue weighted by atomic mass is 9.75. The van der Waals surface area contributed by atoms with Gasteiger partial charge in [-0.1, -0.05) is 31.2 Å². The fraction of sp³-hybridized carbons (Fsp3) is 0.360. The van der Waals surface area contributed by atoms with Crippen molar-refractivity contribution in [3.8, 4) is 5.75 Å². The normalized spacial score (nSPS) is 22.6. The third kappa shape index (κ3) is 4.02. The van der Waals surface area contributed by atoms with E-state index < -0.39 is 17.9 Å². The average molecular weight is 421 g/mol. The largest absolute Gasteiger partial charge is 0.491 e. The van der Waals surface area contributed by atoms with Gasteiger partial charge in [-0.05, 0) is 56.0 Å². The van der Waals surface area contributed by atoms with E-state index in [0.717, 1.165) is 28.4 Å². The van der Waals surface area contributed by atoms with Crippen molar-refractivity contribution in [3.05, 3.63) is 65.4 Å². The first kappa shape index (κ1) is 21.0. The number of rotatable bonds is 4. The van der Waals surface area contributed by atoms with E-state index in [0.29, 0.717) is 12.0 Å². The number of hydrogen-bond donors (Lipinski definition) is 2. The maximum absolute atomic E-state index is 13.6. The van der Waals surface area contributed by atoms with Crippen molar-refractivity contribution in [3.63, 3.8) is 0 Å². The molecule has 0 saturated carbocycles. The van der Waals surface area contributed by atoms with Gasteiger partial charge in [-0.25, -0.2) is 0 Å². The van der Waals surface area contributed by atoms with Gasteiger partial charge in [-0.3, -0.25) is 9.59 Å². The Hall–Kier alpha value is -3.28. The second kappa shape index (κ2) is 8.46. The third-order valence-electron chi connectivity index (χ3n) is 5.81.